The predicted octanol–water partition coefficient (Wildman–Crippen LogP) is 2.35. The van der Waals surface area contributed by atoms with E-state index in [0.717, 1.165) is 4.47 Å². The summed E-state index contributed by atoms with van der Waals surface area (Å²) in [6.07, 6.45) is -0.581. The molecule has 0 bridgehead atoms. The SMILES string of the molecule is CC(Oc1cccc(Br)c1)C(=O)NC(C)C(C)CO. The fourth-order valence-electron chi connectivity index (χ4n) is 1.44. The van der Waals surface area contributed by atoms with E-state index in [4.69, 9.17) is 9.84 Å². The number of rotatable bonds is 6. The van der Waals surface area contributed by atoms with Crippen molar-refractivity contribution in [2.45, 2.75) is 32.9 Å². The molecular formula is C14H20BrNO3. The van der Waals surface area contributed by atoms with Gasteiger partial charge in [0, 0.05) is 17.1 Å². The Kier molecular flexibility index (Phi) is 6.31. The Morgan fingerprint density at radius 3 is 2.68 bits per heavy atom. The van der Waals surface area contributed by atoms with Crippen LogP contribution >= 0.6 is 15.9 Å². The van der Waals surface area contributed by atoms with Gasteiger partial charge in [-0.15, -0.1) is 0 Å². The monoisotopic (exact) mass is 329 g/mol. The summed E-state index contributed by atoms with van der Waals surface area (Å²) in [5.41, 5.74) is 0. The second-order valence-electron chi connectivity index (χ2n) is 4.67. The van der Waals surface area contributed by atoms with Crippen molar-refractivity contribution in [3.63, 3.8) is 0 Å². The Morgan fingerprint density at radius 2 is 2.11 bits per heavy atom. The molecule has 0 radical (unpaired) electrons. The van der Waals surface area contributed by atoms with Gasteiger partial charge in [0.05, 0.1) is 0 Å². The Balaban J connectivity index is 2.53. The van der Waals surface area contributed by atoms with Gasteiger partial charge in [-0.1, -0.05) is 28.9 Å². The fraction of sp³-hybridized carbons (Fsp3) is 0.500. The molecule has 3 atom stereocenters. The zero-order valence-corrected chi connectivity index (χ0v) is 13.0. The molecule has 5 heteroatoms. The van der Waals surface area contributed by atoms with E-state index in [0.29, 0.717) is 5.75 Å². The van der Waals surface area contributed by atoms with Crippen LogP contribution in [-0.2, 0) is 4.79 Å². The normalized spacial score (nSPS) is 15.4. The van der Waals surface area contributed by atoms with Crippen LogP contribution in [0.5, 0.6) is 5.75 Å². The van der Waals surface area contributed by atoms with Gasteiger partial charge in [-0.05, 0) is 38.0 Å². The standard InChI is InChI=1S/C14H20BrNO3/c1-9(8-17)10(2)16-14(18)11(3)19-13-6-4-5-12(15)7-13/h4-7,9-11,17H,8H2,1-3H3,(H,16,18). The summed E-state index contributed by atoms with van der Waals surface area (Å²) in [7, 11) is 0. The second kappa shape index (κ2) is 7.50. The number of nitrogens with one attached hydrogen (secondary N) is 1. The molecule has 0 saturated heterocycles. The maximum absolute atomic E-state index is 11.9. The minimum atomic E-state index is -0.581. The highest BCUT2D eigenvalue weighted by atomic mass is 79.9. The van der Waals surface area contributed by atoms with Crippen molar-refractivity contribution in [2.75, 3.05) is 6.61 Å². The van der Waals surface area contributed by atoms with Gasteiger partial charge in [0.1, 0.15) is 5.75 Å². The van der Waals surface area contributed by atoms with Crippen molar-refractivity contribution in [1.82, 2.24) is 5.32 Å². The molecule has 4 nitrogen and oxygen atoms in total. The largest absolute Gasteiger partial charge is 0.481 e. The van der Waals surface area contributed by atoms with Crippen molar-refractivity contribution >= 4 is 21.8 Å². The maximum atomic E-state index is 11.9. The lowest BCUT2D eigenvalue weighted by Crippen LogP contribution is -2.44. The van der Waals surface area contributed by atoms with Crippen molar-refractivity contribution < 1.29 is 14.6 Å². The number of aliphatic hydroxyl groups is 1. The third kappa shape index (κ3) is 5.20. The maximum Gasteiger partial charge on any atom is 0.260 e. The lowest BCUT2D eigenvalue weighted by atomic mass is 10.1. The number of halogens is 1. The van der Waals surface area contributed by atoms with Gasteiger partial charge < -0.3 is 15.2 Å². The van der Waals surface area contributed by atoms with E-state index >= 15 is 0 Å². The quantitative estimate of drug-likeness (QED) is 0.842. The molecule has 0 aromatic heterocycles. The predicted molar refractivity (Wildman–Crippen MR) is 78.1 cm³/mol. The number of aliphatic hydroxyl groups excluding tert-OH is 1. The molecule has 0 spiro atoms. The lowest BCUT2D eigenvalue weighted by Gasteiger charge is -2.22. The summed E-state index contributed by atoms with van der Waals surface area (Å²) in [6.45, 7) is 5.49. The highest BCUT2D eigenvalue weighted by molar-refractivity contribution is 9.10. The first-order valence-corrected chi connectivity index (χ1v) is 7.06. The van der Waals surface area contributed by atoms with E-state index in [2.05, 4.69) is 21.2 Å². The van der Waals surface area contributed by atoms with E-state index in [9.17, 15) is 4.79 Å². The van der Waals surface area contributed by atoms with Gasteiger partial charge in [-0.2, -0.15) is 0 Å². The number of amides is 1. The third-order valence-electron chi connectivity index (χ3n) is 2.99. The second-order valence-corrected chi connectivity index (χ2v) is 5.59. The van der Waals surface area contributed by atoms with Gasteiger partial charge in [0.15, 0.2) is 6.10 Å². The minimum Gasteiger partial charge on any atom is -0.481 e. The number of hydrogen-bond acceptors (Lipinski definition) is 3. The molecule has 0 aliphatic heterocycles. The molecule has 0 aliphatic carbocycles. The zero-order valence-electron chi connectivity index (χ0n) is 11.4. The smallest absolute Gasteiger partial charge is 0.260 e. The van der Waals surface area contributed by atoms with E-state index in [1.165, 1.54) is 0 Å². The highest BCUT2D eigenvalue weighted by Gasteiger charge is 2.19. The van der Waals surface area contributed by atoms with Crippen molar-refractivity contribution in [2.24, 2.45) is 5.92 Å². The van der Waals surface area contributed by atoms with Crippen LogP contribution in [0.25, 0.3) is 0 Å². The van der Waals surface area contributed by atoms with Crippen LogP contribution in [0.2, 0.25) is 0 Å². The number of hydrogen-bond donors (Lipinski definition) is 2. The summed E-state index contributed by atoms with van der Waals surface area (Å²) in [5.74, 6) is 0.467. The first-order chi connectivity index (χ1) is 8.93. The first kappa shape index (κ1) is 16.0. The molecule has 0 fully saturated rings. The first-order valence-electron chi connectivity index (χ1n) is 6.27. The zero-order chi connectivity index (χ0) is 14.4. The summed E-state index contributed by atoms with van der Waals surface area (Å²) in [4.78, 5) is 11.9. The molecule has 0 saturated carbocycles. The molecule has 1 rings (SSSR count). The molecule has 19 heavy (non-hydrogen) atoms. The van der Waals surface area contributed by atoms with Crippen LogP contribution in [0.1, 0.15) is 20.8 Å². The van der Waals surface area contributed by atoms with Crippen molar-refractivity contribution in [3.05, 3.63) is 28.7 Å². The molecule has 3 unspecified atom stereocenters. The Morgan fingerprint density at radius 1 is 1.42 bits per heavy atom. The van der Waals surface area contributed by atoms with Crippen LogP contribution < -0.4 is 10.1 Å². The van der Waals surface area contributed by atoms with E-state index < -0.39 is 6.10 Å². The van der Waals surface area contributed by atoms with Crippen molar-refractivity contribution in [1.29, 1.82) is 0 Å². The Hall–Kier alpha value is -1.07. The van der Waals surface area contributed by atoms with E-state index in [-0.39, 0.29) is 24.5 Å². The van der Waals surface area contributed by atoms with Crippen LogP contribution in [0.15, 0.2) is 28.7 Å². The summed E-state index contributed by atoms with van der Waals surface area (Å²) in [5, 5.41) is 11.9. The van der Waals surface area contributed by atoms with Crippen LogP contribution in [0, 0.1) is 5.92 Å². The lowest BCUT2D eigenvalue weighted by molar-refractivity contribution is -0.128. The Labute approximate surface area is 122 Å². The van der Waals surface area contributed by atoms with E-state index in [1.54, 1.807) is 13.0 Å². The highest BCUT2D eigenvalue weighted by Crippen LogP contribution is 2.19. The topological polar surface area (TPSA) is 58.6 Å². The third-order valence-corrected chi connectivity index (χ3v) is 3.48. The van der Waals surface area contributed by atoms with Gasteiger partial charge >= 0.3 is 0 Å². The molecule has 1 amide bonds. The molecule has 0 aliphatic rings. The molecule has 1 aromatic rings. The minimum absolute atomic E-state index is 0.0158. The van der Waals surface area contributed by atoms with Crippen molar-refractivity contribution in [3.8, 4) is 5.75 Å². The number of ether oxygens (including phenoxy) is 1. The Bertz CT molecular complexity index is 425. The van der Waals surface area contributed by atoms with Gasteiger partial charge in [-0.25, -0.2) is 0 Å². The van der Waals surface area contributed by atoms with Gasteiger partial charge in [0.2, 0.25) is 0 Å². The number of carbonyl (C=O) groups is 1. The van der Waals surface area contributed by atoms with Gasteiger partial charge in [0.25, 0.3) is 5.91 Å². The molecular weight excluding hydrogens is 310 g/mol. The summed E-state index contributed by atoms with van der Waals surface area (Å²) >= 11 is 3.35. The molecule has 1 aromatic carbocycles. The average Bonchev–Trinajstić information content (AvgIpc) is 2.37. The molecule has 0 heterocycles. The molecule has 106 valence electrons. The van der Waals surface area contributed by atoms with Crippen LogP contribution in [-0.4, -0.2) is 29.8 Å². The fourth-order valence-corrected chi connectivity index (χ4v) is 1.82. The van der Waals surface area contributed by atoms with Gasteiger partial charge in [-0.3, -0.25) is 4.79 Å². The number of benzene rings is 1. The average molecular weight is 330 g/mol. The van der Waals surface area contributed by atoms with E-state index in [1.807, 2.05) is 32.0 Å². The molecule has 2 N–H and O–H groups in total. The summed E-state index contributed by atoms with van der Waals surface area (Å²) < 4.78 is 6.47. The van der Waals surface area contributed by atoms with Crippen LogP contribution in [0.4, 0.5) is 0 Å². The van der Waals surface area contributed by atoms with Crippen LogP contribution in [0.3, 0.4) is 0 Å². The summed E-state index contributed by atoms with van der Waals surface area (Å²) in [6, 6.07) is 7.26. The number of carbonyl (C=O) groups excluding carboxylic acids is 1.